The highest BCUT2D eigenvalue weighted by Crippen LogP contribution is 2.40. The molecular weight excluding hydrogens is 349 g/mol. The van der Waals surface area contributed by atoms with Gasteiger partial charge in [-0.1, -0.05) is 11.6 Å². The molecule has 2 aromatic rings. The van der Waals surface area contributed by atoms with Crippen LogP contribution in [0.4, 0.5) is 5.69 Å². The summed E-state index contributed by atoms with van der Waals surface area (Å²) in [4.78, 5) is 6.99. The van der Waals surface area contributed by atoms with Crippen molar-refractivity contribution in [2.45, 2.75) is 0 Å². The predicted molar refractivity (Wildman–Crippen MR) is 97.5 cm³/mol. The number of halogens is 2. The number of hydrogen-bond acceptors (Lipinski definition) is 5. The Labute approximate surface area is 151 Å². The van der Waals surface area contributed by atoms with Crippen molar-refractivity contribution in [3.63, 3.8) is 0 Å². The predicted octanol–water partition coefficient (Wildman–Crippen LogP) is 3.56. The average molecular weight is 366 g/mol. The van der Waals surface area contributed by atoms with Gasteiger partial charge in [0.2, 0.25) is 0 Å². The second-order valence-corrected chi connectivity index (χ2v) is 6.00. The van der Waals surface area contributed by atoms with Crippen LogP contribution in [-0.4, -0.2) is 42.0 Å². The van der Waals surface area contributed by atoms with Crippen molar-refractivity contribution < 1.29 is 9.84 Å². The third-order valence-electron chi connectivity index (χ3n) is 3.99. The van der Waals surface area contributed by atoms with Gasteiger partial charge in [-0.2, -0.15) is 0 Å². The fraction of sp³-hybridized carbons (Fsp3) is 0.235. The third-order valence-corrected chi connectivity index (χ3v) is 4.22. The standard InChI is InChI=1S/C17H16ClN3O2.ClH/c18-11-1-3-15-13(9-11)17(21-7-5-19-6-8-21)20-14-10-12(22)2-4-16(14)23-15;/h1-4,9-10,19,22H,5-8H2;1H. The van der Waals surface area contributed by atoms with E-state index in [1.54, 1.807) is 24.3 Å². The summed E-state index contributed by atoms with van der Waals surface area (Å²) in [6.45, 7) is 3.53. The summed E-state index contributed by atoms with van der Waals surface area (Å²) in [6, 6.07) is 10.5. The molecule has 5 nitrogen and oxygen atoms in total. The first-order valence-electron chi connectivity index (χ1n) is 7.56. The highest BCUT2D eigenvalue weighted by Gasteiger charge is 2.24. The quantitative estimate of drug-likeness (QED) is 0.749. The van der Waals surface area contributed by atoms with Gasteiger partial charge in [0.1, 0.15) is 23.0 Å². The fourth-order valence-electron chi connectivity index (χ4n) is 2.86. The lowest BCUT2D eigenvalue weighted by atomic mass is 10.1. The molecule has 2 aliphatic rings. The second-order valence-electron chi connectivity index (χ2n) is 5.57. The molecule has 1 saturated heterocycles. The minimum atomic E-state index is 0. The second kappa shape index (κ2) is 6.89. The van der Waals surface area contributed by atoms with Crippen LogP contribution in [0.5, 0.6) is 17.2 Å². The van der Waals surface area contributed by atoms with Crippen LogP contribution in [0.25, 0.3) is 0 Å². The molecule has 7 heteroatoms. The number of fused-ring (bicyclic) bond motifs is 2. The topological polar surface area (TPSA) is 57.1 Å². The zero-order chi connectivity index (χ0) is 15.8. The first kappa shape index (κ1) is 16.9. The lowest BCUT2D eigenvalue weighted by molar-refractivity contribution is 0.357. The van der Waals surface area contributed by atoms with Crippen LogP contribution in [0.2, 0.25) is 5.02 Å². The van der Waals surface area contributed by atoms with Gasteiger partial charge in [-0.15, -0.1) is 12.4 Å². The number of phenolic OH excluding ortho intramolecular Hbond substituents is 1. The van der Waals surface area contributed by atoms with Crippen molar-refractivity contribution in [1.29, 1.82) is 0 Å². The molecule has 0 spiro atoms. The Morgan fingerprint density at radius 1 is 1.08 bits per heavy atom. The van der Waals surface area contributed by atoms with Crippen molar-refractivity contribution in [2.75, 3.05) is 26.2 Å². The number of piperazine rings is 1. The summed E-state index contributed by atoms with van der Waals surface area (Å²) < 4.78 is 6.01. The van der Waals surface area contributed by atoms with Gasteiger partial charge in [-0.25, -0.2) is 4.99 Å². The summed E-state index contributed by atoms with van der Waals surface area (Å²) in [5, 5.41) is 13.7. The first-order valence-corrected chi connectivity index (χ1v) is 7.94. The first-order chi connectivity index (χ1) is 11.2. The van der Waals surface area contributed by atoms with Gasteiger partial charge in [0, 0.05) is 37.3 Å². The van der Waals surface area contributed by atoms with Crippen LogP contribution in [-0.2, 0) is 0 Å². The van der Waals surface area contributed by atoms with Gasteiger partial charge in [0.15, 0.2) is 5.75 Å². The number of phenols is 1. The molecule has 0 unspecified atom stereocenters. The Bertz CT molecular complexity index is 789. The molecule has 2 aliphatic heterocycles. The molecule has 0 aliphatic carbocycles. The van der Waals surface area contributed by atoms with Gasteiger partial charge in [0.05, 0.1) is 5.56 Å². The van der Waals surface area contributed by atoms with Crippen LogP contribution >= 0.6 is 24.0 Å². The van der Waals surface area contributed by atoms with E-state index < -0.39 is 0 Å². The normalized spacial score (nSPS) is 16.0. The minimum Gasteiger partial charge on any atom is -0.508 e. The van der Waals surface area contributed by atoms with Gasteiger partial charge < -0.3 is 20.1 Å². The van der Waals surface area contributed by atoms with E-state index in [9.17, 15) is 5.11 Å². The molecule has 24 heavy (non-hydrogen) atoms. The van der Waals surface area contributed by atoms with E-state index in [-0.39, 0.29) is 18.2 Å². The third kappa shape index (κ3) is 3.15. The molecule has 0 bridgehead atoms. The Morgan fingerprint density at radius 2 is 1.83 bits per heavy atom. The van der Waals surface area contributed by atoms with Gasteiger partial charge in [0.25, 0.3) is 0 Å². The molecule has 2 heterocycles. The van der Waals surface area contributed by atoms with Gasteiger partial charge in [-0.05, 0) is 30.3 Å². The number of aromatic hydroxyl groups is 1. The number of rotatable bonds is 0. The van der Waals surface area contributed by atoms with E-state index >= 15 is 0 Å². The Kier molecular flexibility index (Phi) is 4.85. The number of nitrogens with one attached hydrogen (secondary N) is 1. The largest absolute Gasteiger partial charge is 0.508 e. The maximum absolute atomic E-state index is 9.77. The Balaban J connectivity index is 0.00000169. The molecule has 0 radical (unpaired) electrons. The molecule has 0 saturated carbocycles. The van der Waals surface area contributed by atoms with E-state index in [4.69, 9.17) is 21.3 Å². The highest BCUT2D eigenvalue weighted by atomic mass is 35.5. The summed E-state index contributed by atoms with van der Waals surface area (Å²) in [5.74, 6) is 2.33. The summed E-state index contributed by atoms with van der Waals surface area (Å²) in [5.41, 5.74) is 1.49. The summed E-state index contributed by atoms with van der Waals surface area (Å²) >= 11 is 6.19. The number of amidine groups is 1. The van der Waals surface area contributed by atoms with Crippen molar-refractivity contribution in [3.05, 3.63) is 47.0 Å². The number of nitrogens with zero attached hydrogens (tertiary/aromatic N) is 2. The van der Waals surface area contributed by atoms with E-state index in [0.717, 1.165) is 43.3 Å². The SMILES string of the molecule is Cl.Oc1ccc2c(c1)N=C(N1CCNCC1)c1cc(Cl)ccc1O2. The highest BCUT2D eigenvalue weighted by molar-refractivity contribution is 6.31. The molecule has 0 amide bonds. The maximum Gasteiger partial charge on any atom is 0.153 e. The lowest BCUT2D eigenvalue weighted by Crippen LogP contribution is -2.46. The molecule has 2 aromatic carbocycles. The molecule has 4 rings (SSSR count). The van der Waals surface area contributed by atoms with Crippen LogP contribution < -0.4 is 10.1 Å². The van der Waals surface area contributed by atoms with E-state index in [0.29, 0.717) is 16.5 Å². The number of aliphatic imine (C=N–C) groups is 1. The summed E-state index contributed by atoms with van der Waals surface area (Å²) in [6.07, 6.45) is 0. The number of hydrogen-bond donors (Lipinski definition) is 2. The maximum atomic E-state index is 9.77. The molecular formula is C17H17Cl2N3O2. The van der Waals surface area contributed by atoms with Crippen LogP contribution in [0, 0.1) is 0 Å². The number of ether oxygens (including phenoxy) is 1. The van der Waals surface area contributed by atoms with Crippen LogP contribution in [0.15, 0.2) is 41.4 Å². The average Bonchev–Trinajstić information content (AvgIpc) is 2.72. The molecule has 0 aromatic heterocycles. The van der Waals surface area contributed by atoms with Crippen molar-refractivity contribution in [1.82, 2.24) is 10.2 Å². The molecule has 0 atom stereocenters. The fourth-order valence-corrected chi connectivity index (χ4v) is 3.03. The monoisotopic (exact) mass is 365 g/mol. The molecule has 2 N–H and O–H groups in total. The minimum absolute atomic E-state index is 0. The van der Waals surface area contributed by atoms with Gasteiger partial charge in [-0.3, -0.25) is 0 Å². The van der Waals surface area contributed by atoms with E-state index in [2.05, 4.69) is 10.2 Å². The van der Waals surface area contributed by atoms with Crippen molar-refractivity contribution in [3.8, 4) is 17.2 Å². The van der Waals surface area contributed by atoms with Crippen LogP contribution in [0.1, 0.15) is 5.56 Å². The summed E-state index contributed by atoms with van der Waals surface area (Å²) in [7, 11) is 0. The lowest BCUT2D eigenvalue weighted by Gasteiger charge is -2.30. The van der Waals surface area contributed by atoms with E-state index in [1.165, 1.54) is 0 Å². The van der Waals surface area contributed by atoms with E-state index in [1.807, 2.05) is 12.1 Å². The molecule has 126 valence electrons. The smallest absolute Gasteiger partial charge is 0.153 e. The van der Waals surface area contributed by atoms with Gasteiger partial charge >= 0.3 is 0 Å². The molecule has 1 fully saturated rings. The Hall–Kier alpha value is -1.95. The zero-order valence-corrected chi connectivity index (χ0v) is 14.4. The number of benzene rings is 2. The zero-order valence-electron chi connectivity index (χ0n) is 12.8. The van der Waals surface area contributed by atoms with Crippen molar-refractivity contribution >= 4 is 35.5 Å². The Morgan fingerprint density at radius 3 is 2.62 bits per heavy atom. The van der Waals surface area contributed by atoms with Crippen LogP contribution in [0.3, 0.4) is 0 Å². The van der Waals surface area contributed by atoms with Crippen molar-refractivity contribution in [2.24, 2.45) is 4.99 Å².